The predicted octanol–water partition coefficient (Wildman–Crippen LogP) is 1.44. The molecule has 1 atom stereocenters. The Morgan fingerprint density at radius 1 is 1.70 bits per heavy atom. The van der Waals surface area contributed by atoms with Crippen molar-refractivity contribution >= 4 is 0 Å². The zero-order valence-electron chi connectivity index (χ0n) is 6.33. The van der Waals surface area contributed by atoms with Crippen molar-refractivity contribution in [3.63, 3.8) is 0 Å². The number of rotatable bonds is 1. The number of nitrogens with zero attached hydrogens (tertiary/aromatic N) is 3. The van der Waals surface area contributed by atoms with Gasteiger partial charge in [0, 0.05) is 17.0 Å². The minimum atomic E-state index is 0.152. The van der Waals surface area contributed by atoms with Crippen LogP contribution in [0.25, 0.3) is 10.4 Å². The first-order valence-corrected chi connectivity index (χ1v) is 3.43. The van der Waals surface area contributed by atoms with Gasteiger partial charge in [-0.15, -0.1) is 0 Å². The van der Waals surface area contributed by atoms with Crippen LogP contribution in [0.1, 0.15) is 20.3 Å². The summed E-state index contributed by atoms with van der Waals surface area (Å²) in [5.74, 6) is 0. The van der Waals surface area contributed by atoms with E-state index in [1.165, 1.54) is 0 Å². The molecule has 4 heteroatoms. The smallest absolute Gasteiger partial charge is 0.0516 e. The van der Waals surface area contributed by atoms with Gasteiger partial charge in [-0.2, -0.15) is 0 Å². The third-order valence-electron chi connectivity index (χ3n) is 1.78. The minimum Gasteiger partial charge on any atom is -0.311 e. The zero-order chi connectivity index (χ0) is 7.61. The molecule has 56 valence electrons. The Morgan fingerprint density at radius 2 is 2.40 bits per heavy atom. The van der Waals surface area contributed by atoms with Crippen LogP contribution in [0.15, 0.2) is 5.11 Å². The summed E-state index contributed by atoms with van der Waals surface area (Å²) in [7, 11) is 0. The van der Waals surface area contributed by atoms with Gasteiger partial charge in [-0.25, -0.2) is 0 Å². The van der Waals surface area contributed by atoms with Gasteiger partial charge in [0.2, 0.25) is 0 Å². The van der Waals surface area contributed by atoms with Crippen molar-refractivity contribution in [2.45, 2.75) is 31.8 Å². The second-order valence-corrected chi connectivity index (χ2v) is 3.33. The van der Waals surface area contributed by atoms with Gasteiger partial charge in [0.25, 0.3) is 0 Å². The van der Waals surface area contributed by atoms with Gasteiger partial charge >= 0.3 is 0 Å². The molecule has 1 aliphatic rings. The average molecular weight is 140 g/mol. The molecule has 0 radical (unpaired) electrons. The molecule has 0 spiro atoms. The molecule has 1 rings (SSSR count). The molecule has 10 heavy (non-hydrogen) atoms. The summed E-state index contributed by atoms with van der Waals surface area (Å²) in [5, 5.41) is 6.90. The van der Waals surface area contributed by atoms with Gasteiger partial charge in [0.15, 0.2) is 0 Å². The van der Waals surface area contributed by atoms with Crippen molar-refractivity contribution in [1.29, 1.82) is 0 Å². The SMILES string of the molecule is CC1(C)CC(N=[N+]=[N-])CN1. The highest BCUT2D eigenvalue weighted by atomic mass is 15.2. The second kappa shape index (κ2) is 2.48. The number of nitrogens with one attached hydrogen (secondary N) is 1. The van der Waals surface area contributed by atoms with Crippen LogP contribution in [0.3, 0.4) is 0 Å². The van der Waals surface area contributed by atoms with Crippen LogP contribution in [0.2, 0.25) is 0 Å². The van der Waals surface area contributed by atoms with E-state index in [2.05, 4.69) is 29.2 Å². The van der Waals surface area contributed by atoms with Crippen molar-refractivity contribution in [3.8, 4) is 0 Å². The van der Waals surface area contributed by atoms with Gasteiger partial charge in [0.1, 0.15) is 0 Å². The van der Waals surface area contributed by atoms with Gasteiger partial charge in [-0.3, -0.25) is 0 Å². The summed E-state index contributed by atoms with van der Waals surface area (Å²) >= 11 is 0. The van der Waals surface area contributed by atoms with E-state index in [1.807, 2.05) is 0 Å². The highest BCUT2D eigenvalue weighted by Gasteiger charge is 2.29. The van der Waals surface area contributed by atoms with E-state index in [-0.39, 0.29) is 11.6 Å². The van der Waals surface area contributed by atoms with Crippen LogP contribution in [0.5, 0.6) is 0 Å². The maximum atomic E-state index is 8.13. The Morgan fingerprint density at radius 3 is 2.80 bits per heavy atom. The van der Waals surface area contributed by atoms with E-state index >= 15 is 0 Å². The molecule has 1 unspecified atom stereocenters. The normalized spacial score (nSPS) is 29.6. The predicted molar refractivity (Wildman–Crippen MR) is 39.6 cm³/mol. The Bertz CT molecular complexity index is 169. The van der Waals surface area contributed by atoms with Gasteiger partial charge in [-0.1, -0.05) is 5.11 Å². The molecule has 0 aliphatic carbocycles. The molecule has 0 aromatic carbocycles. The molecule has 0 bridgehead atoms. The first-order valence-electron chi connectivity index (χ1n) is 3.43. The maximum absolute atomic E-state index is 8.13. The fourth-order valence-corrected chi connectivity index (χ4v) is 1.28. The van der Waals surface area contributed by atoms with E-state index < -0.39 is 0 Å². The third-order valence-corrected chi connectivity index (χ3v) is 1.78. The van der Waals surface area contributed by atoms with Crippen LogP contribution in [0, 0.1) is 0 Å². The van der Waals surface area contributed by atoms with Crippen molar-refractivity contribution < 1.29 is 0 Å². The molecule has 0 aromatic rings. The summed E-state index contributed by atoms with van der Waals surface area (Å²) in [6.07, 6.45) is 0.942. The summed E-state index contributed by atoms with van der Waals surface area (Å²) in [6.45, 7) is 5.04. The molecule has 1 saturated heterocycles. The topological polar surface area (TPSA) is 60.8 Å². The summed E-state index contributed by atoms with van der Waals surface area (Å²) in [6, 6.07) is 0.153. The fraction of sp³-hybridized carbons (Fsp3) is 1.00. The average Bonchev–Trinajstić information content (AvgIpc) is 2.12. The van der Waals surface area contributed by atoms with E-state index in [9.17, 15) is 0 Å². The lowest BCUT2D eigenvalue weighted by molar-refractivity contribution is 0.455. The molecule has 1 aliphatic heterocycles. The first-order chi connectivity index (χ1) is 4.64. The lowest BCUT2D eigenvalue weighted by Crippen LogP contribution is -2.31. The Balaban J connectivity index is 2.51. The van der Waals surface area contributed by atoms with Crippen molar-refractivity contribution in [3.05, 3.63) is 10.4 Å². The second-order valence-electron chi connectivity index (χ2n) is 3.33. The van der Waals surface area contributed by atoms with E-state index in [1.54, 1.807) is 0 Å². The number of azide groups is 1. The van der Waals surface area contributed by atoms with Crippen molar-refractivity contribution in [1.82, 2.24) is 5.32 Å². The van der Waals surface area contributed by atoms with Crippen molar-refractivity contribution in [2.24, 2.45) is 5.11 Å². The van der Waals surface area contributed by atoms with Crippen LogP contribution in [-0.4, -0.2) is 18.1 Å². The van der Waals surface area contributed by atoms with Gasteiger partial charge < -0.3 is 5.32 Å². The quantitative estimate of drug-likeness (QED) is 0.334. The van der Waals surface area contributed by atoms with Crippen LogP contribution in [0.4, 0.5) is 0 Å². The van der Waals surface area contributed by atoms with Crippen LogP contribution >= 0.6 is 0 Å². The maximum Gasteiger partial charge on any atom is 0.0516 e. The summed E-state index contributed by atoms with van der Waals surface area (Å²) in [5.41, 5.74) is 8.28. The fourth-order valence-electron chi connectivity index (χ4n) is 1.28. The summed E-state index contributed by atoms with van der Waals surface area (Å²) < 4.78 is 0. The molecule has 0 saturated carbocycles. The number of hydrogen-bond donors (Lipinski definition) is 1. The largest absolute Gasteiger partial charge is 0.311 e. The highest BCUT2D eigenvalue weighted by Crippen LogP contribution is 2.19. The molecule has 0 aromatic heterocycles. The van der Waals surface area contributed by atoms with Gasteiger partial charge in [-0.05, 0) is 25.8 Å². The van der Waals surface area contributed by atoms with E-state index in [4.69, 9.17) is 5.53 Å². The van der Waals surface area contributed by atoms with Gasteiger partial charge in [0.05, 0.1) is 6.04 Å². The third kappa shape index (κ3) is 1.62. The highest BCUT2D eigenvalue weighted by molar-refractivity contribution is 4.92. The van der Waals surface area contributed by atoms with E-state index in [0.29, 0.717) is 0 Å². The van der Waals surface area contributed by atoms with Crippen molar-refractivity contribution in [2.75, 3.05) is 6.54 Å². The Kier molecular flexibility index (Phi) is 1.83. The Labute approximate surface area is 60.2 Å². The molecule has 1 N–H and O–H groups in total. The monoisotopic (exact) mass is 140 g/mol. The lowest BCUT2D eigenvalue weighted by atomic mass is 10.0. The minimum absolute atomic E-state index is 0.152. The standard InChI is InChI=1S/C6H12N4/c1-6(2)3-5(4-8-6)9-10-7/h5,8H,3-4H2,1-2H3. The molecule has 1 fully saturated rings. The zero-order valence-corrected chi connectivity index (χ0v) is 6.33. The molecular weight excluding hydrogens is 128 g/mol. The number of hydrogen-bond acceptors (Lipinski definition) is 2. The molecular formula is C6H12N4. The lowest BCUT2D eigenvalue weighted by Gasteiger charge is -2.16. The van der Waals surface area contributed by atoms with E-state index in [0.717, 1.165) is 13.0 Å². The molecule has 4 nitrogen and oxygen atoms in total. The first kappa shape index (κ1) is 7.38. The Hall–Kier alpha value is -0.730. The van der Waals surface area contributed by atoms with Crippen LogP contribution < -0.4 is 5.32 Å². The molecule has 1 heterocycles. The summed E-state index contributed by atoms with van der Waals surface area (Å²) in [4.78, 5) is 2.77. The molecule has 0 amide bonds. The van der Waals surface area contributed by atoms with Crippen LogP contribution in [-0.2, 0) is 0 Å².